The molecule has 0 aromatic rings. The lowest BCUT2D eigenvalue weighted by Gasteiger charge is -2.35. The van der Waals surface area contributed by atoms with Crippen LogP contribution in [0.4, 0.5) is 13.2 Å². The predicted octanol–water partition coefficient (Wildman–Crippen LogP) is 2.80. The van der Waals surface area contributed by atoms with Crippen LogP contribution in [-0.4, -0.2) is 64.9 Å². The molecule has 0 aromatic carbocycles. The minimum absolute atomic E-state index is 0.0203. The maximum atomic E-state index is 13.7. The minimum atomic E-state index is -5.17. The third-order valence-corrected chi connectivity index (χ3v) is 8.21. The number of hydrogen-bond acceptors (Lipinski definition) is 5. The zero-order chi connectivity index (χ0) is 29.3. The van der Waals surface area contributed by atoms with Gasteiger partial charge in [-0.3, -0.25) is 19.2 Å². The molecule has 3 rings (SSSR count). The molecule has 2 aliphatic heterocycles. The lowest BCUT2D eigenvalue weighted by Crippen LogP contribution is -2.59. The summed E-state index contributed by atoms with van der Waals surface area (Å²) in [5.41, 5.74) is -1.49. The van der Waals surface area contributed by atoms with Gasteiger partial charge in [-0.2, -0.15) is 18.4 Å². The van der Waals surface area contributed by atoms with Crippen LogP contribution in [0.5, 0.6) is 0 Å². The Morgan fingerprint density at radius 2 is 1.74 bits per heavy atom. The van der Waals surface area contributed by atoms with E-state index >= 15 is 0 Å². The van der Waals surface area contributed by atoms with Crippen LogP contribution < -0.4 is 16.0 Å². The van der Waals surface area contributed by atoms with Crippen LogP contribution in [0.25, 0.3) is 0 Å². The number of nitrogens with one attached hydrogen (secondary N) is 3. The van der Waals surface area contributed by atoms with Crippen LogP contribution in [0.3, 0.4) is 0 Å². The third-order valence-electron chi connectivity index (χ3n) is 8.21. The molecule has 5 atom stereocenters. The normalized spacial score (nSPS) is 27.0. The molecule has 3 N–H and O–H groups in total. The van der Waals surface area contributed by atoms with Gasteiger partial charge in [0.1, 0.15) is 18.1 Å². The number of likely N-dealkylation sites (tertiary alicyclic amines) is 1. The van der Waals surface area contributed by atoms with Crippen LogP contribution >= 0.6 is 0 Å². The van der Waals surface area contributed by atoms with E-state index in [1.807, 2.05) is 25.2 Å². The fraction of sp³-hybridized carbons (Fsp3) is 0.815. The topological polar surface area (TPSA) is 131 Å². The second kappa shape index (κ2) is 11.3. The van der Waals surface area contributed by atoms with Gasteiger partial charge in [0, 0.05) is 18.0 Å². The molecule has 2 heterocycles. The van der Waals surface area contributed by atoms with E-state index in [0.29, 0.717) is 12.8 Å². The highest BCUT2D eigenvalue weighted by Gasteiger charge is 2.49. The molecule has 2 saturated heterocycles. The predicted molar refractivity (Wildman–Crippen MR) is 135 cm³/mol. The van der Waals surface area contributed by atoms with Crippen molar-refractivity contribution in [2.75, 3.05) is 6.54 Å². The van der Waals surface area contributed by atoms with Gasteiger partial charge in [-0.1, -0.05) is 46.5 Å². The maximum absolute atomic E-state index is 13.7. The van der Waals surface area contributed by atoms with E-state index < -0.39 is 58.9 Å². The molecule has 9 nitrogen and oxygen atoms in total. The highest BCUT2D eigenvalue weighted by atomic mass is 19.4. The van der Waals surface area contributed by atoms with Crippen LogP contribution in [0.15, 0.2) is 0 Å². The number of carbonyl (C=O) groups excluding carboxylic acids is 4. The number of nitriles is 1. The van der Waals surface area contributed by atoms with Crippen molar-refractivity contribution in [3.63, 3.8) is 0 Å². The molecule has 3 aliphatic rings. The summed E-state index contributed by atoms with van der Waals surface area (Å²) in [7, 11) is 0. The minimum Gasteiger partial charge on any atom is -0.351 e. The van der Waals surface area contributed by atoms with Crippen molar-refractivity contribution >= 4 is 23.6 Å². The van der Waals surface area contributed by atoms with Gasteiger partial charge < -0.3 is 20.9 Å². The first-order chi connectivity index (χ1) is 17.9. The Hall–Kier alpha value is -2.84. The molecule has 39 heavy (non-hydrogen) atoms. The van der Waals surface area contributed by atoms with E-state index in [1.54, 1.807) is 20.8 Å². The highest BCUT2D eigenvalue weighted by Crippen LogP contribution is 2.39. The molecule has 1 saturated carbocycles. The van der Waals surface area contributed by atoms with E-state index in [9.17, 15) is 37.6 Å². The van der Waals surface area contributed by atoms with E-state index in [4.69, 9.17) is 0 Å². The smallest absolute Gasteiger partial charge is 0.351 e. The van der Waals surface area contributed by atoms with Gasteiger partial charge >= 0.3 is 12.1 Å². The molecule has 4 unspecified atom stereocenters. The highest BCUT2D eigenvalue weighted by molar-refractivity contribution is 5.94. The van der Waals surface area contributed by atoms with Crippen molar-refractivity contribution in [2.24, 2.45) is 23.2 Å². The van der Waals surface area contributed by atoms with Gasteiger partial charge in [0.25, 0.3) is 0 Å². The Morgan fingerprint density at radius 3 is 2.23 bits per heavy atom. The van der Waals surface area contributed by atoms with Crippen molar-refractivity contribution in [3.05, 3.63) is 0 Å². The Balaban J connectivity index is 1.81. The zero-order valence-corrected chi connectivity index (χ0v) is 23.3. The summed E-state index contributed by atoms with van der Waals surface area (Å²) in [4.78, 5) is 52.6. The SMILES string of the molecule is CC1(C)CC(CC(C#N)NC(=O)C2CC(C3CCCC3)CN2C(=O)[C@@H](NC(=O)C(F)(F)F)C(C)(C)C)C(=O)N1. The molecule has 4 amide bonds. The van der Waals surface area contributed by atoms with E-state index in [2.05, 4.69) is 10.6 Å². The van der Waals surface area contributed by atoms with Gasteiger partial charge in [-0.15, -0.1) is 0 Å². The maximum Gasteiger partial charge on any atom is 0.471 e. The molecular formula is C27H40F3N5O4. The van der Waals surface area contributed by atoms with E-state index in [0.717, 1.165) is 25.7 Å². The van der Waals surface area contributed by atoms with Crippen molar-refractivity contribution in [1.29, 1.82) is 5.26 Å². The molecule has 218 valence electrons. The van der Waals surface area contributed by atoms with Gasteiger partial charge in [0.05, 0.1) is 6.07 Å². The Kier molecular flexibility index (Phi) is 8.92. The fourth-order valence-corrected chi connectivity index (χ4v) is 6.24. The quantitative estimate of drug-likeness (QED) is 0.445. The second-order valence-electron chi connectivity index (χ2n) is 13.0. The summed E-state index contributed by atoms with van der Waals surface area (Å²) >= 11 is 0. The zero-order valence-electron chi connectivity index (χ0n) is 23.3. The van der Waals surface area contributed by atoms with E-state index in [-0.39, 0.29) is 30.7 Å². The van der Waals surface area contributed by atoms with Gasteiger partial charge in [0.15, 0.2) is 0 Å². The van der Waals surface area contributed by atoms with Crippen LogP contribution in [0, 0.1) is 34.5 Å². The number of carbonyl (C=O) groups is 4. The first-order valence-corrected chi connectivity index (χ1v) is 13.6. The van der Waals surface area contributed by atoms with Crippen molar-refractivity contribution in [1.82, 2.24) is 20.9 Å². The largest absolute Gasteiger partial charge is 0.471 e. The average Bonchev–Trinajstić information content (AvgIpc) is 3.53. The first kappa shape index (κ1) is 30.7. The monoisotopic (exact) mass is 555 g/mol. The van der Waals surface area contributed by atoms with Crippen molar-refractivity contribution in [3.8, 4) is 6.07 Å². The molecule has 1 aliphatic carbocycles. The Labute approximate surface area is 227 Å². The van der Waals surface area contributed by atoms with Crippen molar-refractivity contribution < 1.29 is 32.3 Å². The first-order valence-electron chi connectivity index (χ1n) is 13.6. The summed E-state index contributed by atoms with van der Waals surface area (Å²) in [5.74, 6) is -3.94. The molecule has 12 heteroatoms. The summed E-state index contributed by atoms with van der Waals surface area (Å²) in [6.07, 6.45) is -0.270. The lowest BCUT2D eigenvalue weighted by atomic mass is 9.85. The molecule has 0 bridgehead atoms. The number of halogens is 3. The molecular weight excluding hydrogens is 515 g/mol. The number of hydrogen-bond donors (Lipinski definition) is 3. The lowest BCUT2D eigenvalue weighted by molar-refractivity contribution is -0.176. The Bertz CT molecular complexity index is 1010. The number of nitrogens with zero attached hydrogens (tertiary/aromatic N) is 2. The molecule has 0 spiro atoms. The van der Waals surface area contributed by atoms with Crippen LogP contribution in [-0.2, 0) is 19.2 Å². The fourth-order valence-electron chi connectivity index (χ4n) is 6.24. The summed E-state index contributed by atoms with van der Waals surface area (Å²) in [5, 5.41) is 17.1. The third kappa shape index (κ3) is 7.42. The molecule has 0 radical (unpaired) electrons. The van der Waals surface area contributed by atoms with Crippen LogP contribution in [0.2, 0.25) is 0 Å². The summed E-state index contributed by atoms with van der Waals surface area (Å²) < 4.78 is 39.2. The standard InChI is InChI=1S/C27H40F3N5O4/c1-25(2,3)20(33-24(39)27(28,29)30)23(38)35-14-17(15-8-6-7-9-15)11-19(35)22(37)32-18(13-31)10-16-12-26(4,5)34-21(16)36/h15-20H,6-12,14H2,1-5H3,(H,32,37)(H,33,39)(H,34,36)/t16?,17?,18?,19?,20-/m1/s1. The average molecular weight is 556 g/mol. The summed E-state index contributed by atoms with van der Waals surface area (Å²) in [6, 6.07) is -1.46. The van der Waals surface area contributed by atoms with Gasteiger partial charge in [-0.25, -0.2) is 0 Å². The molecule has 3 fully saturated rings. The van der Waals surface area contributed by atoms with E-state index in [1.165, 1.54) is 4.90 Å². The van der Waals surface area contributed by atoms with Crippen LogP contribution in [0.1, 0.15) is 79.6 Å². The second-order valence-corrected chi connectivity index (χ2v) is 13.0. The van der Waals surface area contributed by atoms with Gasteiger partial charge in [0.2, 0.25) is 17.7 Å². The molecule has 0 aromatic heterocycles. The summed E-state index contributed by atoms with van der Waals surface area (Å²) in [6.45, 7) is 8.58. The number of alkyl halides is 3. The van der Waals surface area contributed by atoms with Crippen molar-refractivity contribution in [2.45, 2.75) is 109 Å². The number of rotatable bonds is 7. The van der Waals surface area contributed by atoms with Gasteiger partial charge in [-0.05, 0) is 50.4 Å². The number of amides is 4. The Morgan fingerprint density at radius 1 is 1.13 bits per heavy atom.